The standard InChI is InChI=1S/C16H19BrN2O2/c1-11(14-7-3-4-8-15(14)17)19-12(2)16(20)18-10-13-6-5-9-21-13/h3-9,11-12,19H,10H2,1-2H3,(H,18,20)/t11-,12?/m1/s1. The molecule has 112 valence electrons. The average Bonchev–Trinajstić information content (AvgIpc) is 2.98. The van der Waals surface area contributed by atoms with Crippen molar-refractivity contribution in [3.63, 3.8) is 0 Å². The third-order valence-electron chi connectivity index (χ3n) is 3.28. The normalized spacial score (nSPS) is 13.7. The van der Waals surface area contributed by atoms with Gasteiger partial charge in [0, 0.05) is 10.5 Å². The molecular weight excluding hydrogens is 332 g/mol. The van der Waals surface area contributed by atoms with Crippen LogP contribution in [0.4, 0.5) is 0 Å². The molecule has 0 saturated carbocycles. The summed E-state index contributed by atoms with van der Waals surface area (Å²) in [6.07, 6.45) is 1.60. The van der Waals surface area contributed by atoms with Gasteiger partial charge in [0.1, 0.15) is 5.76 Å². The first-order chi connectivity index (χ1) is 10.1. The van der Waals surface area contributed by atoms with Crippen LogP contribution in [0.15, 0.2) is 51.6 Å². The van der Waals surface area contributed by atoms with Crippen LogP contribution in [0.1, 0.15) is 31.2 Å². The molecule has 1 heterocycles. The molecule has 0 aliphatic rings. The number of hydrogen-bond donors (Lipinski definition) is 2. The minimum absolute atomic E-state index is 0.0506. The van der Waals surface area contributed by atoms with Crippen LogP contribution in [0, 0.1) is 0 Å². The molecule has 0 saturated heterocycles. The van der Waals surface area contributed by atoms with Crippen molar-refractivity contribution < 1.29 is 9.21 Å². The molecule has 21 heavy (non-hydrogen) atoms. The maximum Gasteiger partial charge on any atom is 0.237 e. The van der Waals surface area contributed by atoms with Crippen LogP contribution < -0.4 is 10.6 Å². The minimum atomic E-state index is -0.290. The van der Waals surface area contributed by atoms with Crippen LogP contribution in [0.25, 0.3) is 0 Å². The fraction of sp³-hybridized carbons (Fsp3) is 0.312. The summed E-state index contributed by atoms with van der Waals surface area (Å²) in [5.41, 5.74) is 1.13. The molecule has 4 nitrogen and oxygen atoms in total. The number of nitrogens with one attached hydrogen (secondary N) is 2. The van der Waals surface area contributed by atoms with E-state index >= 15 is 0 Å². The molecule has 1 aromatic heterocycles. The molecule has 0 fully saturated rings. The van der Waals surface area contributed by atoms with E-state index in [0.29, 0.717) is 6.54 Å². The third kappa shape index (κ3) is 4.44. The van der Waals surface area contributed by atoms with Gasteiger partial charge in [-0.15, -0.1) is 0 Å². The first kappa shape index (κ1) is 15.8. The van der Waals surface area contributed by atoms with Crippen LogP contribution in [-0.4, -0.2) is 11.9 Å². The minimum Gasteiger partial charge on any atom is -0.467 e. The summed E-state index contributed by atoms with van der Waals surface area (Å²) < 4.78 is 6.22. The largest absolute Gasteiger partial charge is 0.467 e. The Kier molecular flexibility index (Phi) is 5.59. The Morgan fingerprint density at radius 1 is 1.24 bits per heavy atom. The lowest BCUT2D eigenvalue weighted by Gasteiger charge is -2.20. The van der Waals surface area contributed by atoms with Crippen molar-refractivity contribution in [1.82, 2.24) is 10.6 Å². The molecule has 2 N–H and O–H groups in total. The Morgan fingerprint density at radius 2 is 2.00 bits per heavy atom. The SMILES string of the molecule is CC(N[C@H](C)c1ccccc1Br)C(=O)NCc1ccco1. The Balaban J connectivity index is 1.87. The molecular formula is C16H19BrN2O2. The van der Waals surface area contributed by atoms with Crippen molar-refractivity contribution in [1.29, 1.82) is 0 Å². The van der Waals surface area contributed by atoms with Gasteiger partial charge in [0.05, 0.1) is 18.8 Å². The average molecular weight is 351 g/mol. The fourth-order valence-electron chi connectivity index (χ4n) is 2.11. The van der Waals surface area contributed by atoms with E-state index < -0.39 is 0 Å². The Hall–Kier alpha value is -1.59. The number of benzene rings is 1. The van der Waals surface area contributed by atoms with Gasteiger partial charge in [0.15, 0.2) is 0 Å². The predicted molar refractivity (Wildman–Crippen MR) is 85.7 cm³/mol. The van der Waals surface area contributed by atoms with Gasteiger partial charge in [0.2, 0.25) is 5.91 Å². The van der Waals surface area contributed by atoms with Gasteiger partial charge in [-0.2, -0.15) is 0 Å². The first-order valence-electron chi connectivity index (χ1n) is 6.88. The van der Waals surface area contributed by atoms with Gasteiger partial charge >= 0.3 is 0 Å². The number of carbonyl (C=O) groups is 1. The number of amides is 1. The van der Waals surface area contributed by atoms with Crippen LogP contribution in [0.5, 0.6) is 0 Å². The predicted octanol–water partition coefficient (Wildman–Crippen LogP) is 3.40. The zero-order chi connectivity index (χ0) is 15.2. The molecule has 1 aromatic carbocycles. The molecule has 0 aliphatic heterocycles. The maximum atomic E-state index is 12.1. The van der Waals surface area contributed by atoms with E-state index in [0.717, 1.165) is 15.8 Å². The second kappa shape index (κ2) is 7.43. The lowest BCUT2D eigenvalue weighted by molar-refractivity contribution is -0.123. The summed E-state index contributed by atoms with van der Waals surface area (Å²) in [5.74, 6) is 0.694. The number of rotatable bonds is 6. The summed E-state index contributed by atoms with van der Waals surface area (Å²) in [7, 11) is 0. The van der Waals surface area contributed by atoms with Crippen molar-refractivity contribution >= 4 is 21.8 Å². The molecule has 0 radical (unpaired) electrons. The zero-order valence-electron chi connectivity index (χ0n) is 12.1. The maximum absolute atomic E-state index is 12.1. The third-order valence-corrected chi connectivity index (χ3v) is 4.00. The highest BCUT2D eigenvalue weighted by Crippen LogP contribution is 2.22. The summed E-state index contributed by atoms with van der Waals surface area (Å²) in [6.45, 7) is 4.29. The van der Waals surface area contributed by atoms with E-state index in [4.69, 9.17) is 4.42 Å². The van der Waals surface area contributed by atoms with Gasteiger partial charge in [-0.25, -0.2) is 0 Å². The van der Waals surface area contributed by atoms with E-state index in [1.54, 1.807) is 12.3 Å². The topological polar surface area (TPSA) is 54.3 Å². The van der Waals surface area contributed by atoms with E-state index in [2.05, 4.69) is 26.6 Å². The molecule has 0 aliphatic carbocycles. The second-order valence-corrected chi connectivity index (χ2v) is 5.78. The van der Waals surface area contributed by atoms with Gasteiger partial charge in [-0.3, -0.25) is 10.1 Å². The van der Waals surface area contributed by atoms with Crippen molar-refractivity contribution in [3.8, 4) is 0 Å². The first-order valence-corrected chi connectivity index (χ1v) is 7.68. The summed E-state index contributed by atoms with van der Waals surface area (Å²) in [5, 5.41) is 6.14. The van der Waals surface area contributed by atoms with E-state index in [1.807, 2.05) is 44.2 Å². The van der Waals surface area contributed by atoms with Crippen molar-refractivity contribution in [3.05, 3.63) is 58.5 Å². The van der Waals surface area contributed by atoms with Crippen LogP contribution in [-0.2, 0) is 11.3 Å². The summed E-state index contributed by atoms with van der Waals surface area (Å²) in [6, 6.07) is 11.4. The fourth-order valence-corrected chi connectivity index (χ4v) is 2.74. The van der Waals surface area contributed by atoms with Crippen LogP contribution in [0.3, 0.4) is 0 Å². The van der Waals surface area contributed by atoms with Crippen molar-refractivity contribution in [2.24, 2.45) is 0 Å². The monoisotopic (exact) mass is 350 g/mol. The Labute approximate surface area is 133 Å². The van der Waals surface area contributed by atoms with E-state index in [-0.39, 0.29) is 18.0 Å². The quantitative estimate of drug-likeness (QED) is 0.839. The highest BCUT2D eigenvalue weighted by molar-refractivity contribution is 9.10. The second-order valence-electron chi connectivity index (χ2n) is 4.93. The number of carbonyl (C=O) groups excluding carboxylic acids is 1. The van der Waals surface area contributed by atoms with Gasteiger partial charge in [-0.1, -0.05) is 34.1 Å². The molecule has 0 spiro atoms. The summed E-state index contributed by atoms with van der Waals surface area (Å²) in [4.78, 5) is 12.1. The van der Waals surface area contributed by atoms with Gasteiger partial charge in [-0.05, 0) is 37.6 Å². The molecule has 2 aromatic rings. The van der Waals surface area contributed by atoms with E-state index in [1.165, 1.54) is 0 Å². The molecule has 1 amide bonds. The number of hydrogen-bond acceptors (Lipinski definition) is 3. The molecule has 5 heteroatoms. The highest BCUT2D eigenvalue weighted by Gasteiger charge is 2.17. The molecule has 0 bridgehead atoms. The lowest BCUT2D eigenvalue weighted by atomic mass is 10.1. The lowest BCUT2D eigenvalue weighted by Crippen LogP contribution is -2.42. The zero-order valence-corrected chi connectivity index (χ0v) is 13.7. The number of furan rings is 1. The molecule has 2 rings (SSSR count). The van der Waals surface area contributed by atoms with Gasteiger partial charge < -0.3 is 9.73 Å². The van der Waals surface area contributed by atoms with Gasteiger partial charge in [0.25, 0.3) is 0 Å². The molecule has 1 unspecified atom stereocenters. The Morgan fingerprint density at radius 3 is 2.67 bits per heavy atom. The Bertz CT molecular complexity index is 584. The van der Waals surface area contributed by atoms with Crippen LogP contribution >= 0.6 is 15.9 Å². The summed E-state index contributed by atoms with van der Waals surface area (Å²) >= 11 is 3.53. The smallest absolute Gasteiger partial charge is 0.237 e. The highest BCUT2D eigenvalue weighted by atomic mass is 79.9. The van der Waals surface area contributed by atoms with E-state index in [9.17, 15) is 4.79 Å². The van der Waals surface area contributed by atoms with Crippen molar-refractivity contribution in [2.75, 3.05) is 0 Å². The van der Waals surface area contributed by atoms with Crippen molar-refractivity contribution in [2.45, 2.75) is 32.5 Å². The number of halogens is 1. The van der Waals surface area contributed by atoms with Crippen LogP contribution in [0.2, 0.25) is 0 Å². The molecule has 2 atom stereocenters.